The highest BCUT2D eigenvalue weighted by molar-refractivity contribution is 6.07. The van der Waals surface area contributed by atoms with Crippen LogP contribution in [0.1, 0.15) is 28.8 Å². The van der Waals surface area contributed by atoms with Crippen molar-refractivity contribution in [2.75, 3.05) is 19.6 Å². The van der Waals surface area contributed by atoms with E-state index in [2.05, 4.69) is 52.7 Å². The van der Waals surface area contributed by atoms with Gasteiger partial charge in [-0.05, 0) is 41.7 Å². The van der Waals surface area contributed by atoms with E-state index in [1.54, 1.807) is 0 Å². The number of piperidine rings is 1. The highest BCUT2D eigenvalue weighted by Gasteiger charge is 2.21. The van der Waals surface area contributed by atoms with E-state index in [9.17, 15) is 4.79 Å². The summed E-state index contributed by atoms with van der Waals surface area (Å²) >= 11 is 0. The molecule has 0 aliphatic carbocycles. The molecule has 0 radical (unpaired) electrons. The van der Waals surface area contributed by atoms with Crippen LogP contribution in [0.2, 0.25) is 0 Å². The van der Waals surface area contributed by atoms with Gasteiger partial charge in [0.05, 0.1) is 0 Å². The summed E-state index contributed by atoms with van der Waals surface area (Å²) < 4.78 is 0. The quantitative estimate of drug-likeness (QED) is 0.738. The van der Waals surface area contributed by atoms with Crippen LogP contribution in [0.4, 0.5) is 0 Å². The lowest BCUT2D eigenvalue weighted by Crippen LogP contribution is -2.45. The maximum Gasteiger partial charge on any atom is 0.252 e. The van der Waals surface area contributed by atoms with E-state index in [-0.39, 0.29) is 11.9 Å². The molecule has 0 atom stereocenters. The molecule has 1 aliphatic rings. The first-order valence-corrected chi connectivity index (χ1v) is 9.84. The normalized spacial score (nSPS) is 15.7. The summed E-state index contributed by atoms with van der Waals surface area (Å²) in [4.78, 5) is 15.3. The second-order valence-corrected chi connectivity index (χ2v) is 7.35. The third-order valence-electron chi connectivity index (χ3n) is 5.52. The Morgan fingerprint density at radius 3 is 2.41 bits per heavy atom. The number of hydrogen-bond acceptors (Lipinski definition) is 2. The summed E-state index contributed by atoms with van der Waals surface area (Å²) in [6.07, 6.45) is 3.13. The third-order valence-corrected chi connectivity index (χ3v) is 5.52. The lowest BCUT2D eigenvalue weighted by atomic mass is 10.0. The van der Waals surface area contributed by atoms with Gasteiger partial charge in [0, 0.05) is 31.2 Å². The Morgan fingerprint density at radius 2 is 1.59 bits per heavy atom. The molecule has 1 N–H and O–H groups in total. The molecule has 0 saturated carbocycles. The molecule has 3 aromatic carbocycles. The van der Waals surface area contributed by atoms with Gasteiger partial charge in [-0.3, -0.25) is 4.79 Å². The van der Waals surface area contributed by atoms with Crippen LogP contribution in [0.5, 0.6) is 0 Å². The molecule has 4 rings (SSSR count). The standard InChI is InChI=1S/C24H26N2O/c27-24(23-12-6-10-20-9-4-5-11-22(20)23)25-21-14-17-26(18-15-21)16-13-19-7-2-1-3-8-19/h1-12,21H,13-18H2,(H,25,27). The van der Waals surface area contributed by atoms with Gasteiger partial charge in [0.15, 0.2) is 0 Å². The van der Waals surface area contributed by atoms with Crippen LogP contribution in [-0.4, -0.2) is 36.5 Å². The third kappa shape index (κ3) is 4.37. The number of nitrogens with zero attached hydrogens (tertiary/aromatic N) is 1. The number of rotatable bonds is 5. The fourth-order valence-corrected chi connectivity index (χ4v) is 3.92. The highest BCUT2D eigenvalue weighted by Crippen LogP contribution is 2.19. The molecular weight excluding hydrogens is 332 g/mol. The van der Waals surface area contributed by atoms with Crippen molar-refractivity contribution in [2.45, 2.75) is 25.3 Å². The summed E-state index contributed by atoms with van der Waals surface area (Å²) in [6.45, 7) is 3.19. The summed E-state index contributed by atoms with van der Waals surface area (Å²) in [5, 5.41) is 5.39. The number of carbonyl (C=O) groups excluding carboxylic acids is 1. The van der Waals surface area contributed by atoms with Crippen LogP contribution in [0.25, 0.3) is 10.8 Å². The topological polar surface area (TPSA) is 32.3 Å². The Bertz CT molecular complexity index is 893. The minimum absolute atomic E-state index is 0.0505. The van der Waals surface area contributed by atoms with E-state index in [0.29, 0.717) is 0 Å². The van der Waals surface area contributed by atoms with Crippen molar-refractivity contribution < 1.29 is 4.79 Å². The van der Waals surface area contributed by atoms with Gasteiger partial charge in [-0.1, -0.05) is 66.7 Å². The minimum atomic E-state index is 0.0505. The molecule has 0 spiro atoms. The summed E-state index contributed by atoms with van der Waals surface area (Å²) in [5.74, 6) is 0.0505. The fourth-order valence-electron chi connectivity index (χ4n) is 3.92. The Morgan fingerprint density at radius 1 is 0.889 bits per heavy atom. The Labute approximate surface area is 161 Å². The van der Waals surface area contributed by atoms with Gasteiger partial charge >= 0.3 is 0 Å². The second kappa shape index (κ2) is 8.36. The fraction of sp³-hybridized carbons (Fsp3) is 0.292. The lowest BCUT2D eigenvalue weighted by molar-refractivity contribution is 0.0913. The first-order chi connectivity index (χ1) is 13.3. The lowest BCUT2D eigenvalue weighted by Gasteiger charge is -2.32. The van der Waals surface area contributed by atoms with Crippen molar-refractivity contribution in [1.82, 2.24) is 10.2 Å². The zero-order chi connectivity index (χ0) is 18.5. The van der Waals surface area contributed by atoms with Crippen LogP contribution in [0, 0.1) is 0 Å². The molecule has 0 unspecified atom stereocenters. The Hall–Kier alpha value is -2.65. The van der Waals surface area contributed by atoms with Crippen molar-refractivity contribution in [1.29, 1.82) is 0 Å². The molecule has 0 aromatic heterocycles. The summed E-state index contributed by atoms with van der Waals surface area (Å²) in [6, 6.07) is 24.9. The summed E-state index contributed by atoms with van der Waals surface area (Å²) in [5.41, 5.74) is 2.17. The molecule has 1 saturated heterocycles. The zero-order valence-electron chi connectivity index (χ0n) is 15.6. The van der Waals surface area contributed by atoms with Crippen LogP contribution in [0.3, 0.4) is 0 Å². The van der Waals surface area contributed by atoms with Gasteiger partial charge in [-0.2, -0.15) is 0 Å². The van der Waals surface area contributed by atoms with Gasteiger partial charge in [0.1, 0.15) is 0 Å². The molecule has 1 heterocycles. The van der Waals surface area contributed by atoms with E-state index >= 15 is 0 Å². The van der Waals surface area contributed by atoms with Crippen LogP contribution in [-0.2, 0) is 6.42 Å². The monoisotopic (exact) mass is 358 g/mol. The molecule has 3 heteroatoms. The molecule has 3 aromatic rings. The molecule has 1 fully saturated rings. The number of amides is 1. The van der Waals surface area contributed by atoms with Gasteiger partial charge in [-0.15, -0.1) is 0 Å². The Balaban J connectivity index is 1.30. The highest BCUT2D eigenvalue weighted by atomic mass is 16.1. The van der Waals surface area contributed by atoms with Gasteiger partial charge < -0.3 is 10.2 Å². The molecule has 27 heavy (non-hydrogen) atoms. The van der Waals surface area contributed by atoms with Crippen LogP contribution in [0.15, 0.2) is 72.8 Å². The molecule has 0 bridgehead atoms. The number of nitrogens with one attached hydrogen (secondary N) is 1. The Kier molecular flexibility index (Phi) is 5.50. The van der Waals surface area contributed by atoms with E-state index in [1.807, 2.05) is 30.3 Å². The number of benzene rings is 3. The first-order valence-electron chi connectivity index (χ1n) is 9.84. The van der Waals surface area contributed by atoms with Crippen LogP contribution >= 0.6 is 0 Å². The summed E-state index contributed by atoms with van der Waals surface area (Å²) in [7, 11) is 0. The predicted octanol–water partition coefficient (Wildman–Crippen LogP) is 4.28. The SMILES string of the molecule is O=C(NC1CCN(CCc2ccccc2)CC1)c1cccc2ccccc12. The number of carbonyl (C=O) groups is 1. The van der Waals surface area contributed by atoms with Crippen molar-refractivity contribution in [3.8, 4) is 0 Å². The van der Waals surface area contributed by atoms with Gasteiger partial charge in [-0.25, -0.2) is 0 Å². The molecular formula is C24H26N2O. The minimum Gasteiger partial charge on any atom is -0.349 e. The average molecular weight is 358 g/mol. The van der Waals surface area contributed by atoms with E-state index in [0.717, 1.165) is 55.2 Å². The number of hydrogen-bond donors (Lipinski definition) is 1. The molecule has 1 amide bonds. The largest absolute Gasteiger partial charge is 0.349 e. The van der Waals surface area contributed by atoms with Crippen molar-refractivity contribution >= 4 is 16.7 Å². The number of fused-ring (bicyclic) bond motifs is 1. The predicted molar refractivity (Wildman–Crippen MR) is 111 cm³/mol. The number of likely N-dealkylation sites (tertiary alicyclic amines) is 1. The van der Waals surface area contributed by atoms with E-state index < -0.39 is 0 Å². The van der Waals surface area contributed by atoms with E-state index in [1.165, 1.54) is 5.56 Å². The van der Waals surface area contributed by atoms with Crippen molar-refractivity contribution in [2.24, 2.45) is 0 Å². The first kappa shape index (κ1) is 17.7. The van der Waals surface area contributed by atoms with Crippen molar-refractivity contribution in [3.63, 3.8) is 0 Å². The second-order valence-electron chi connectivity index (χ2n) is 7.35. The molecule has 138 valence electrons. The van der Waals surface area contributed by atoms with Gasteiger partial charge in [0.25, 0.3) is 5.91 Å². The van der Waals surface area contributed by atoms with E-state index in [4.69, 9.17) is 0 Å². The van der Waals surface area contributed by atoms with Crippen LogP contribution < -0.4 is 5.32 Å². The molecule has 3 nitrogen and oxygen atoms in total. The zero-order valence-corrected chi connectivity index (χ0v) is 15.6. The average Bonchev–Trinajstić information content (AvgIpc) is 2.73. The maximum absolute atomic E-state index is 12.8. The van der Waals surface area contributed by atoms with Gasteiger partial charge in [0.2, 0.25) is 0 Å². The van der Waals surface area contributed by atoms with Crippen molar-refractivity contribution in [3.05, 3.63) is 83.9 Å². The molecule has 1 aliphatic heterocycles. The maximum atomic E-state index is 12.8. The smallest absolute Gasteiger partial charge is 0.252 e.